The maximum atomic E-state index is 12.8. The van der Waals surface area contributed by atoms with E-state index >= 15 is 0 Å². The molecule has 10 nitrogen and oxygen atoms in total. The number of carbonyl (C=O) groups excluding carboxylic acids is 1. The van der Waals surface area contributed by atoms with E-state index in [9.17, 15) is 23.3 Å². The summed E-state index contributed by atoms with van der Waals surface area (Å²) in [5.74, 6) is -0.254. The highest BCUT2D eigenvalue weighted by molar-refractivity contribution is 7.89. The fourth-order valence-corrected chi connectivity index (χ4v) is 4.60. The van der Waals surface area contributed by atoms with E-state index in [1.165, 1.54) is 35.8 Å². The lowest BCUT2D eigenvalue weighted by molar-refractivity contribution is -0.384. The molecule has 29 heavy (non-hydrogen) atoms. The molecule has 0 unspecified atom stereocenters. The van der Waals surface area contributed by atoms with Crippen LogP contribution in [0.5, 0.6) is 5.75 Å². The SMILES string of the molecule is COc1ccc(S(=O)(=O)N2CCC(C(=O)Nc3ccncc3[N+](=O)[O-])CC2)cc1. The molecule has 1 aliphatic rings. The van der Waals surface area contributed by atoms with Gasteiger partial charge in [-0.2, -0.15) is 4.31 Å². The lowest BCUT2D eigenvalue weighted by atomic mass is 9.97. The highest BCUT2D eigenvalue weighted by atomic mass is 32.2. The summed E-state index contributed by atoms with van der Waals surface area (Å²) < 4.78 is 31.9. The summed E-state index contributed by atoms with van der Waals surface area (Å²) >= 11 is 0. The number of methoxy groups -OCH3 is 1. The van der Waals surface area contributed by atoms with E-state index in [1.807, 2.05) is 0 Å². The fraction of sp³-hybridized carbons (Fsp3) is 0.333. The van der Waals surface area contributed by atoms with Crippen LogP contribution in [-0.4, -0.2) is 48.7 Å². The molecule has 0 atom stereocenters. The Hall–Kier alpha value is -3.05. The van der Waals surface area contributed by atoms with Gasteiger partial charge in [-0.15, -0.1) is 0 Å². The van der Waals surface area contributed by atoms with Gasteiger partial charge < -0.3 is 10.1 Å². The summed E-state index contributed by atoms with van der Waals surface area (Å²) in [6, 6.07) is 7.48. The van der Waals surface area contributed by atoms with Crippen molar-refractivity contribution in [2.24, 2.45) is 5.92 Å². The molecule has 1 aromatic heterocycles. The quantitative estimate of drug-likeness (QED) is 0.559. The van der Waals surface area contributed by atoms with Crippen molar-refractivity contribution in [2.75, 3.05) is 25.5 Å². The second-order valence-corrected chi connectivity index (χ2v) is 8.43. The van der Waals surface area contributed by atoms with E-state index in [0.29, 0.717) is 18.6 Å². The zero-order valence-corrected chi connectivity index (χ0v) is 16.5. The molecule has 0 spiro atoms. The summed E-state index contributed by atoms with van der Waals surface area (Å²) in [6.07, 6.45) is 3.06. The molecule has 0 radical (unpaired) electrons. The number of amides is 1. The van der Waals surface area contributed by atoms with E-state index in [2.05, 4.69) is 10.3 Å². The monoisotopic (exact) mass is 420 g/mol. The number of nitrogens with one attached hydrogen (secondary N) is 1. The summed E-state index contributed by atoms with van der Waals surface area (Å²) in [5.41, 5.74) is -0.219. The first-order valence-corrected chi connectivity index (χ1v) is 10.3. The number of aromatic nitrogens is 1. The molecule has 0 bridgehead atoms. The van der Waals surface area contributed by atoms with Crippen molar-refractivity contribution < 1.29 is 22.9 Å². The van der Waals surface area contributed by atoms with Crippen molar-refractivity contribution in [3.8, 4) is 5.75 Å². The number of benzene rings is 1. The Bertz CT molecular complexity index is 1000. The molecular weight excluding hydrogens is 400 g/mol. The second-order valence-electron chi connectivity index (χ2n) is 6.49. The van der Waals surface area contributed by atoms with E-state index in [0.717, 1.165) is 6.20 Å². The van der Waals surface area contributed by atoms with Gasteiger partial charge in [0, 0.05) is 25.2 Å². The van der Waals surface area contributed by atoms with Gasteiger partial charge in [-0.3, -0.25) is 19.9 Å². The van der Waals surface area contributed by atoms with Crippen molar-refractivity contribution in [3.63, 3.8) is 0 Å². The molecule has 11 heteroatoms. The van der Waals surface area contributed by atoms with Gasteiger partial charge in [-0.1, -0.05) is 0 Å². The third-order valence-electron chi connectivity index (χ3n) is 4.78. The van der Waals surface area contributed by atoms with Crippen LogP contribution >= 0.6 is 0 Å². The average Bonchev–Trinajstić information content (AvgIpc) is 2.74. The number of rotatable bonds is 6. The standard InChI is InChI=1S/C18H20N4O6S/c1-28-14-2-4-15(5-3-14)29(26,27)21-10-7-13(8-11-21)18(23)20-16-6-9-19-12-17(16)22(24)25/h2-6,9,12-13H,7-8,10-11H2,1H3,(H,19,20,23). The first-order chi connectivity index (χ1) is 13.8. The first-order valence-electron chi connectivity index (χ1n) is 8.86. The molecule has 1 aromatic carbocycles. The molecule has 154 valence electrons. The Morgan fingerprint density at radius 3 is 2.48 bits per heavy atom. The summed E-state index contributed by atoms with van der Waals surface area (Å²) in [6.45, 7) is 0.371. The van der Waals surface area contributed by atoms with Gasteiger partial charge in [0.05, 0.1) is 16.9 Å². The third-order valence-corrected chi connectivity index (χ3v) is 6.69. The Labute approximate surface area is 167 Å². The van der Waals surface area contributed by atoms with Crippen LogP contribution in [0.3, 0.4) is 0 Å². The number of carbonyl (C=O) groups is 1. The topological polar surface area (TPSA) is 132 Å². The van der Waals surface area contributed by atoms with Gasteiger partial charge in [0.25, 0.3) is 0 Å². The van der Waals surface area contributed by atoms with E-state index in [-0.39, 0.29) is 35.3 Å². The van der Waals surface area contributed by atoms with Crippen molar-refractivity contribution >= 4 is 27.3 Å². The van der Waals surface area contributed by atoms with Crippen LogP contribution < -0.4 is 10.1 Å². The van der Waals surface area contributed by atoms with Crippen LogP contribution in [-0.2, 0) is 14.8 Å². The van der Waals surface area contributed by atoms with Crippen LogP contribution in [0.2, 0.25) is 0 Å². The Morgan fingerprint density at radius 2 is 1.90 bits per heavy atom. The van der Waals surface area contributed by atoms with Gasteiger partial charge in [0.2, 0.25) is 15.9 Å². The predicted molar refractivity (Wildman–Crippen MR) is 104 cm³/mol. The normalized spacial score (nSPS) is 15.6. The zero-order valence-electron chi connectivity index (χ0n) is 15.6. The predicted octanol–water partition coefficient (Wildman–Crippen LogP) is 2.04. The van der Waals surface area contributed by atoms with E-state index in [4.69, 9.17) is 4.74 Å². The Balaban J connectivity index is 1.64. The van der Waals surface area contributed by atoms with Gasteiger partial charge in [0.1, 0.15) is 17.6 Å². The molecule has 1 aliphatic heterocycles. The molecule has 1 fully saturated rings. The molecule has 1 amide bonds. The number of piperidine rings is 1. The highest BCUT2D eigenvalue weighted by Crippen LogP contribution is 2.27. The summed E-state index contributed by atoms with van der Waals surface area (Å²) in [5, 5.41) is 13.6. The number of hydrogen-bond donors (Lipinski definition) is 1. The van der Waals surface area contributed by atoms with Gasteiger partial charge in [-0.25, -0.2) is 8.42 Å². The molecule has 3 rings (SSSR count). The lowest BCUT2D eigenvalue weighted by Crippen LogP contribution is -2.41. The minimum Gasteiger partial charge on any atom is -0.497 e. The van der Waals surface area contributed by atoms with Crippen LogP contribution in [0.4, 0.5) is 11.4 Å². The Morgan fingerprint density at radius 1 is 1.24 bits per heavy atom. The van der Waals surface area contributed by atoms with Crippen molar-refractivity contribution in [2.45, 2.75) is 17.7 Å². The summed E-state index contributed by atoms with van der Waals surface area (Å²) in [7, 11) is -2.16. The largest absolute Gasteiger partial charge is 0.497 e. The number of anilines is 1. The van der Waals surface area contributed by atoms with Gasteiger partial charge in [-0.05, 0) is 43.2 Å². The molecule has 2 heterocycles. The molecule has 0 aliphatic carbocycles. The maximum absolute atomic E-state index is 12.8. The lowest BCUT2D eigenvalue weighted by Gasteiger charge is -2.30. The van der Waals surface area contributed by atoms with E-state index in [1.54, 1.807) is 12.1 Å². The number of sulfonamides is 1. The van der Waals surface area contributed by atoms with Crippen molar-refractivity contribution in [3.05, 3.63) is 52.8 Å². The number of ether oxygens (including phenoxy) is 1. The maximum Gasteiger partial charge on any atom is 0.310 e. The highest BCUT2D eigenvalue weighted by Gasteiger charge is 2.32. The number of nitrogens with zero attached hydrogens (tertiary/aromatic N) is 3. The van der Waals surface area contributed by atoms with Crippen LogP contribution in [0.15, 0.2) is 47.6 Å². The Kier molecular flexibility index (Phi) is 6.09. The fourth-order valence-electron chi connectivity index (χ4n) is 3.13. The minimum atomic E-state index is -3.66. The van der Waals surface area contributed by atoms with Crippen LogP contribution in [0.25, 0.3) is 0 Å². The van der Waals surface area contributed by atoms with Gasteiger partial charge in [0.15, 0.2) is 0 Å². The first kappa shape index (κ1) is 20.7. The van der Waals surface area contributed by atoms with Crippen molar-refractivity contribution in [1.82, 2.24) is 9.29 Å². The third kappa shape index (κ3) is 4.51. The smallest absolute Gasteiger partial charge is 0.310 e. The number of nitro groups is 1. The summed E-state index contributed by atoms with van der Waals surface area (Å²) in [4.78, 5) is 26.8. The molecule has 2 aromatic rings. The molecule has 1 saturated heterocycles. The second kappa shape index (κ2) is 8.53. The van der Waals surface area contributed by atoms with Crippen LogP contribution in [0.1, 0.15) is 12.8 Å². The molecule has 1 N–H and O–H groups in total. The van der Waals surface area contributed by atoms with Crippen molar-refractivity contribution in [1.29, 1.82) is 0 Å². The average molecular weight is 420 g/mol. The number of hydrogen-bond acceptors (Lipinski definition) is 7. The van der Waals surface area contributed by atoms with Crippen LogP contribution in [0, 0.1) is 16.0 Å². The molecular formula is C18H20N4O6S. The molecule has 0 saturated carbocycles. The van der Waals surface area contributed by atoms with Gasteiger partial charge >= 0.3 is 5.69 Å². The zero-order chi connectivity index (χ0) is 21.0. The number of pyridine rings is 1. The van der Waals surface area contributed by atoms with E-state index < -0.39 is 20.9 Å². The minimum absolute atomic E-state index is 0.0725.